The zero-order valence-corrected chi connectivity index (χ0v) is 20.8. The largest absolute Gasteiger partial charge is 0.497 e. The molecule has 1 fully saturated rings. The number of aromatic nitrogens is 2. The van der Waals surface area contributed by atoms with Crippen molar-refractivity contribution >= 4 is 0 Å². The van der Waals surface area contributed by atoms with Gasteiger partial charge in [-0.2, -0.15) is 5.10 Å². The molecule has 186 valence electrons. The van der Waals surface area contributed by atoms with E-state index in [1.54, 1.807) is 7.11 Å². The van der Waals surface area contributed by atoms with Gasteiger partial charge in [0.1, 0.15) is 11.5 Å². The van der Waals surface area contributed by atoms with Crippen molar-refractivity contribution in [3.63, 3.8) is 0 Å². The fourth-order valence-corrected chi connectivity index (χ4v) is 4.45. The van der Waals surface area contributed by atoms with Crippen molar-refractivity contribution in [1.29, 1.82) is 0 Å². The summed E-state index contributed by atoms with van der Waals surface area (Å²) in [6, 6.07) is 28.7. The van der Waals surface area contributed by atoms with E-state index >= 15 is 0 Å². The van der Waals surface area contributed by atoms with E-state index in [4.69, 9.17) is 19.3 Å². The third kappa shape index (κ3) is 5.96. The van der Waals surface area contributed by atoms with Gasteiger partial charge in [-0.1, -0.05) is 30.3 Å². The molecule has 2 heterocycles. The number of hydrogen-bond acceptors (Lipinski definition) is 5. The van der Waals surface area contributed by atoms with Gasteiger partial charge in [-0.15, -0.1) is 0 Å². The molecule has 3 aromatic carbocycles. The molecule has 0 N–H and O–H groups in total. The molecule has 1 saturated heterocycles. The summed E-state index contributed by atoms with van der Waals surface area (Å²) in [6.45, 7) is 5.60. The zero-order chi connectivity index (χ0) is 24.6. The molecule has 4 aromatic rings. The van der Waals surface area contributed by atoms with Gasteiger partial charge in [0.15, 0.2) is 0 Å². The lowest BCUT2D eigenvalue weighted by Crippen LogP contribution is -2.36. The normalized spacial score (nSPS) is 14.0. The highest BCUT2D eigenvalue weighted by atomic mass is 16.5. The molecule has 1 aliphatic heterocycles. The molecular formula is C30H33N3O3. The Morgan fingerprint density at radius 2 is 1.61 bits per heavy atom. The monoisotopic (exact) mass is 483 g/mol. The van der Waals surface area contributed by atoms with Crippen LogP contribution in [0.15, 0.2) is 84.9 Å². The van der Waals surface area contributed by atoms with Crippen LogP contribution in [-0.4, -0.2) is 61.2 Å². The predicted molar refractivity (Wildman–Crippen MR) is 143 cm³/mol. The Balaban J connectivity index is 1.32. The standard InChI is InChI=1S/C30H33N3O3/c1-34-27-14-12-24(13-15-27)29-23-30(33(31-29)26-9-3-2-4-10-26)25-8-7-11-28(22-25)36-19-6-5-16-32-17-20-35-21-18-32/h2-4,7-15,22-23H,5-6,16-21H2,1H3. The maximum atomic E-state index is 6.13. The van der Waals surface area contributed by atoms with Gasteiger partial charge in [0.2, 0.25) is 0 Å². The summed E-state index contributed by atoms with van der Waals surface area (Å²) in [7, 11) is 1.68. The maximum Gasteiger partial charge on any atom is 0.119 e. The average molecular weight is 484 g/mol. The number of morpholine rings is 1. The van der Waals surface area contributed by atoms with E-state index < -0.39 is 0 Å². The Morgan fingerprint density at radius 3 is 2.39 bits per heavy atom. The van der Waals surface area contributed by atoms with Crippen molar-refractivity contribution in [3.8, 4) is 39.7 Å². The Labute approximate surface area is 213 Å². The molecule has 5 rings (SSSR count). The highest BCUT2D eigenvalue weighted by Gasteiger charge is 2.14. The summed E-state index contributed by atoms with van der Waals surface area (Å²) in [4.78, 5) is 2.47. The number of ether oxygens (including phenoxy) is 3. The maximum absolute atomic E-state index is 6.13. The van der Waals surface area contributed by atoms with Crippen molar-refractivity contribution in [1.82, 2.24) is 14.7 Å². The molecule has 0 amide bonds. The van der Waals surface area contributed by atoms with Crippen LogP contribution >= 0.6 is 0 Å². The SMILES string of the molecule is COc1ccc(-c2cc(-c3cccc(OCCCCN4CCOCC4)c3)n(-c3ccccc3)n2)cc1. The van der Waals surface area contributed by atoms with Gasteiger partial charge >= 0.3 is 0 Å². The second kappa shape index (κ2) is 11.9. The average Bonchev–Trinajstić information content (AvgIpc) is 3.40. The minimum absolute atomic E-state index is 0.711. The van der Waals surface area contributed by atoms with Gasteiger partial charge in [0.25, 0.3) is 0 Å². The zero-order valence-electron chi connectivity index (χ0n) is 20.8. The molecule has 0 atom stereocenters. The van der Waals surface area contributed by atoms with Crippen molar-refractivity contribution in [2.75, 3.05) is 46.6 Å². The van der Waals surface area contributed by atoms with Gasteiger partial charge in [-0.05, 0) is 74.0 Å². The first-order chi connectivity index (χ1) is 17.8. The van der Waals surface area contributed by atoms with Gasteiger partial charge in [0.05, 0.1) is 44.0 Å². The molecule has 0 unspecified atom stereocenters. The number of nitrogens with zero attached hydrogens (tertiary/aromatic N) is 3. The van der Waals surface area contributed by atoms with Crippen LogP contribution < -0.4 is 9.47 Å². The van der Waals surface area contributed by atoms with E-state index in [9.17, 15) is 0 Å². The molecule has 0 bridgehead atoms. The van der Waals surface area contributed by atoms with E-state index in [0.29, 0.717) is 6.61 Å². The number of methoxy groups -OCH3 is 1. The van der Waals surface area contributed by atoms with Crippen LogP contribution in [0.3, 0.4) is 0 Å². The Hall–Kier alpha value is -3.61. The second-order valence-electron chi connectivity index (χ2n) is 8.93. The van der Waals surface area contributed by atoms with Crippen LogP contribution in [0.25, 0.3) is 28.2 Å². The minimum atomic E-state index is 0.711. The summed E-state index contributed by atoms with van der Waals surface area (Å²) in [5.74, 6) is 1.71. The predicted octanol–water partition coefficient (Wildman–Crippen LogP) is 5.71. The van der Waals surface area contributed by atoms with Crippen LogP contribution in [0.5, 0.6) is 11.5 Å². The summed E-state index contributed by atoms with van der Waals surface area (Å²) >= 11 is 0. The third-order valence-electron chi connectivity index (χ3n) is 6.47. The summed E-state index contributed by atoms with van der Waals surface area (Å²) in [6.07, 6.45) is 2.16. The Morgan fingerprint density at radius 1 is 0.806 bits per heavy atom. The van der Waals surface area contributed by atoms with E-state index in [1.165, 1.54) is 0 Å². The van der Waals surface area contributed by atoms with E-state index in [2.05, 4.69) is 35.2 Å². The van der Waals surface area contributed by atoms with Crippen LogP contribution in [0.1, 0.15) is 12.8 Å². The quantitative estimate of drug-likeness (QED) is 0.271. The lowest BCUT2D eigenvalue weighted by Gasteiger charge is -2.26. The Bertz CT molecular complexity index is 1230. The van der Waals surface area contributed by atoms with Crippen LogP contribution in [0.4, 0.5) is 0 Å². The fraction of sp³-hybridized carbons (Fsp3) is 0.300. The summed E-state index contributed by atoms with van der Waals surface area (Å²) in [5, 5.41) is 4.96. The molecule has 0 aliphatic carbocycles. The van der Waals surface area contributed by atoms with Crippen molar-refractivity contribution in [3.05, 3.63) is 84.9 Å². The number of rotatable bonds is 10. The molecule has 36 heavy (non-hydrogen) atoms. The number of unbranched alkanes of at least 4 members (excludes halogenated alkanes) is 1. The van der Waals surface area contributed by atoms with Crippen LogP contribution in [0, 0.1) is 0 Å². The Kier molecular flexibility index (Phi) is 7.96. The topological polar surface area (TPSA) is 48.8 Å². The minimum Gasteiger partial charge on any atom is -0.497 e. The third-order valence-corrected chi connectivity index (χ3v) is 6.47. The van der Waals surface area contributed by atoms with Crippen molar-refractivity contribution in [2.24, 2.45) is 0 Å². The van der Waals surface area contributed by atoms with Gasteiger partial charge in [0, 0.05) is 24.2 Å². The van der Waals surface area contributed by atoms with E-state index in [-0.39, 0.29) is 0 Å². The van der Waals surface area contributed by atoms with Gasteiger partial charge in [-0.25, -0.2) is 4.68 Å². The first kappa shape index (κ1) is 24.1. The summed E-state index contributed by atoms with van der Waals surface area (Å²) < 4.78 is 18.9. The number of para-hydroxylation sites is 1. The van der Waals surface area contributed by atoms with E-state index in [0.717, 1.165) is 85.4 Å². The lowest BCUT2D eigenvalue weighted by molar-refractivity contribution is 0.0368. The first-order valence-corrected chi connectivity index (χ1v) is 12.6. The second-order valence-corrected chi connectivity index (χ2v) is 8.93. The molecule has 0 spiro atoms. The smallest absolute Gasteiger partial charge is 0.119 e. The molecule has 0 saturated carbocycles. The molecule has 1 aliphatic rings. The fourth-order valence-electron chi connectivity index (χ4n) is 4.45. The summed E-state index contributed by atoms with van der Waals surface area (Å²) in [5.41, 5.74) is 5.05. The molecule has 6 heteroatoms. The van der Waals surface area contributed by atoms with Crippen LogP contribution in [0.2, 0.25) is 0 Å². The van der Waals surface area contributed by atoms with Crippen molar-refractivity contribution < 1.29 is 14.2 Å². The molecule has 0 radical (unpaired) electrons. The highest BCUT2D eigenvalue weighted by Crippen LogP contribution is 2.31. The van der Waals surface area contributed by atoms with Gasteiger partial charge in [-0.3, -0.25) is 4.90 Å². The molecular weight excluding hydrogens is 450 g/mol. The molecule has 1 aromatic heterocycles. The van der Waals surface area contributed by atoms with E-state index in [1.807, 2.05) is 59.3 Å². The first-order valence-electron chi connectivity index (χ1n) is 12.6. The van der Waals surface area contributed by atoms with Gasteiger partial charge < -0.3 is 14.2 Å². The van der Waals surface area contributed by atoms with Crippen LogP contribution in [-0.2, 0) is 4.74 Å². The molecule has 6 nitrogen and oxygen atoms in total. The number of benzene rings is 3. The van der Waals surface area contributed by atoms with Crippen molar-refractivity contribution in [2.45, 2.75) is 12.8 Å². The highest BCUT2D eigenvalue weighted by molar-refractivity contribution is 5.71. The number of hydrogen-bond donors (Lipinski definition) is 0. The lowest BCUT2D eigenvalue weighted by atomic mass is 10.1.